The summed E-state index contributed by atoms with van der Waals surface area (Å²) in [6.45, 7) is 2.22. The van der Waals surface area contributed by atoms with Gasteiger partial charge in [0.25, 0.3) is 0 Å². The Kier molecular flexibility index (Phi) is 35.2. The molecule has 0 spiro atoms. The molecule has 48 valence electrons. The third kappa shape index (κ3) is 19.1. The summed E-state index contributed by atoms with van der Waals surface area (Å²) in [7, 11) is 0. The summed E-state index contributed by atoms with van der Waals surface area (Å²) in [5.74, 6) is 0. The van der Waals surface area contributed by atoms with Crippen molar-refractivity contribution < 1.29 is 0 Å². The Morgan fingerprint density at radius 2 is 1.71 bits per heavy atom. The third-order valence-electron chi connectivity index (χ3n) is 0.558. The van der Waals surface area contributed by atoms with Crippen LogP contribution in [0.3, 0.4) is 0 Å². The molecule has 0 aliphatic carbocycles. The average Bonchev–Trinajstić information content (AvgIpc) is 1.41. The first-order valence-corrected chi connectivity index (χ1v) is 3.83. The maximum atomic E-state index is 2.22. The van der Waals surface area contributed by atoms with Gasteiger partial charge in [0.1, 0.15) is 0 Å². The second kappa shape index (κ2) is 15.7. The maximum Gasteiger partial charge on any atom is -0.147 e. The second-order valence-corrected chi connectivity index (χ2v) is 2.35. The number of hydrogen-bond donors (Lipinski definition) is 0. The van der Waals surface area contributed by atoms with Crippen LogP contribution in [0.15, 0.2) is 0 Å². The predicted octanol–water partition coefficient (Wildman–Crippen LogP) is 1.68. The molecule has 0 fully saturated rings. The van der Waals surface area contributed by atoms with Crippen LogP contribution in [0.5, 0.6) is 0 Å². The van der Waals surface area contributed by atoms with E-state index in [4.69, 9.17) is 0 Å². The van der Waals surface area contributed by atoms with Gasteiger partial charge < -0.3 is 0 Å². The summed E-state index contributed by atoms with van der Waals surface area (Å²) < 4.78 is 0. The SMILES string of the molecule is CCCC[AsH2].Cl.Cl. The van der Waals surface area contributed by atoms with Crippen LogP contribution in [0.4, 0.5) is 0 Å². The molecular weight excluding hydrogens is 194 g/mol. The van der Waals surface area contributed by atoms with Crippen LogP contribution < -0.4 is 0 Å². The van der Waals surface area contributed by atoms with Gasteiger partial charge in [0.15, 0.2) is 0 Å². The molecule has 0 amide bonds. The monoisotopic (exact) mass is 206 g/mol. The van der Waals surface area contributed by atoms with Crippen molar-refractivity contribution in [2.45, 2.75) is 25.0 Å². The van der Waals surface area contributed by atoms with E-state index in [-0.39, 0.29) is 24.8 Å². The van der Waals surface area contributed by atoms with Gasteiger partial charge in [0, 0.05) is 0 Å². The van der Waals surface area contributed by atoms with Gasteiger partial charge in [-0.25, -0.2) is 0 Å². The Balaban J connectivity index is -0.0000000800. The van der Waals surface area contributed by atoms with Crippen molar-refractivity contribution >= 4 is 41.7 Å². The van der Waals surface area contributed by atoms with Gasteiger partial charge in [-0.1, -0.05) is 0 Å². The maximum absolute atomic E-state index is 2.22. The van der Waals surface area contributed by atoms with Crippen LogP contribution in [0.25, 0.3) is 0 Å². The molecule has 7 heavy (non-hydrogen) atoms. The molecule has 0 aromatic heterocycles. The van der Waals surface area contributed by atoms with Gasteiger partial charge >= 0.3 is 41.8 Å². The molecule has 1 atom stereocenters. The Labute approximate surface area is 66.8 Å². The predicted molar refractivity (Wildman–Crippen MR) is 42.8 cm³/mol. The summed E-state index contributed by atoms with van der Waals surface area (Å²) in [6.07, 6.45) is 2.78. The van der Waals surface area contributed by atoms with E-state index in [9.17, 15) is 0 Å². The second-order valence-electron chi connectivity index (χ2n) is 1.14. The summed E-state index contributed by atoms with van der Waals surface area (Å²) in [5, 5.41) is 1.41. The summed E-state index contributed by atoms with van der Waals surface area (Å²) >= 11 is 1.85. The molecule has 0 N–H and O–H groups in total. The first-order chi connectivity index (χ1) is 2.41. The zero-order chi connectivity index (χ0) is 4.12. The minimum atomic E-state index is 0. The first kappa shape index (κ1) is 15.7. The Hall–Kier alpha value is 1.14. The summed E-state index contributed by atoms with van der Waals surface area (Å²) in [4.78, 5) is 0. The molecule has 0 aliphatic heterocycles. The van der Waals surface area contributed by atoms with Crippen LogP contribution >= 0.6 is 24.8 Å². The first-order valence-electron chi connectivity index (χ1n) is 2.12. The van der Waals surface area contributed by atoms with Crippen molar-refractivity contribution in [1.82, 2.24) is 0 Å². The van der Waals surface area contributed by atoms with E-state index in [2.05, 4.69) is 6.92 Å². The molecule has 0 bridgehead atoms. The fraction of sp³-hybridized carbons (Fsp3) is 1.00. The third-order valence-corrected chi connectivity index (χ3v) is 1.41. The van der Waals surface area contributed by atoms with Crippen molar-refractivity contribution in [1.29, 1.82) is 0 Å². The molecule has 0 radical (unpaired) electrons. The van der Waals surface area contributed by atoms with Gasteiger partial charge in [0.05, 0.1) is 0 Å². The number of rotatable bonds is 2. The summed E-state index contributed by atoms with van der Waals surface area (Å²) in [6, 6.07) is 0. The van der Waals surface area contributed by atoms with Crippen molar-refractivity contribution in [3.63, 3.8) is 0 Å². The zero-order valence-corrected chi connectivity index (χ0v) is 8.57. The Morgan fingerprint density at radius 1 is 1.29 bits per heavy atom. The van der Waals surface area contributed by atoms with E-state index in [1.54, 1.807) is 0 Å². The van der Waals surface area contributed by atoms with Crippen molar-refractivity contribution in [2.24, 2.45) is 0 Å². The molecule has 1 unspecified atom stereocenters. The minimum Gasteiger partial charge on any atom is -0.147 e. The van der Waals surface area contributed by atoms with Crippen LogP contribution in [0, 0.1) is 0 Å². The molecule has 0 saturated heterocycles. The van der Waals surface area contributed by atoms with Crippen molar-refractivity contribution in [3.05, 3.63) is 0 Å². The number of unbranched alkanes of at least 4 members (excludes halogenated alkanes) is 1. The number of halogens is 2. The van der Waals surface area contributed by atoms with Gasteiger partial charge in [0.2, 0.25) is 0 Å². The number of hydrogen-bond acceptors (Lipinski definition) is 0. The molecule has 0 rings (SSSR count). The van der Waals surface area contributed by atoms with E-state index >= 15 is 0 Å². The van der Waals surface area contributed by atoms with E-state index < -0.39 is 0 Å². The standard InChI is InChI=1S/C4H11As.2ClH/c1-2-3-4-5;;/h2-5H2,1H3;2*1H. The largest absolute Gasteiger partial charge is 0.147 e. The quantitative estimate of drug-likeness (QED) is 0.604. The van der Waals surface area contributed by atoms with Gasteiger partial charge in [-0.15, -0.1) is 24.8 Å². The van der Waals surface area contributed by atoms with Crippen LogP contribution in [0.1, 0.15) is 19.8 Å². The fourth-order valence-electron chi connectivity index (χ4n) is 0.204. The fourth-order valence-corrected chi connectivity index (χ4v) is 1.06. The molecule has 0 saturated carbocycles. The summed E-state index contributed by atoms with van der Waals surface area (Å²) in [5.41, 5.74) is 0. The van der Waals surface area contributed by atoms with Gasteiger partial charge in [-0.2, -0.15) is 0 Å². The van der Waals surface area contributed by atoms with Crippen LogP contribution in [-0.2, 0) is 0 Å². The Morgan fingerprint density at radius 3 is 1.71 bits per heavy atom. The molecule has 0 nitrogen and oxygen atoms in total. The Bertz CT molecular complexity index is 17.2. The van der Waals surface area contributed by atoms with Crippen LogP contribution in [-0.4, -0.2) is 16.9 Å². The molecule has 3 heteroatoms. The van der Waals surface area contributed by atoms with Gasteiger partial charge in [-0.3, -0.25) is 0 Å². The van der Waals surface area contributed by atoms with Crippen molar-refractivity contribution in [3.8, 4) is 0 Å². The zero-order valence-electron chi connectivity index (χ0n) is 4.52. The van der Waals surface area contributed by atoms with Crippen LogP contribution in [0.2, 0.25) is 5.21 Å². The van der Waals surface area contributed by atoms with Gasteiger partial charge in [-0.05, 0) is 0 Å². The molecular formula is C4H13AsCl2. The van der Waals surface area contributed by atoms with E-state index in [0.717, 1.165) is 0 Å². The molecule has 0 aromatic carbocycles. The average molecular weight is 207 g/mol. The topological polar surface area (TPSA) is 0 Å². The smallest absolute Gasteiger partial charge is 0.147 e. The molecule has 0 aliphatic rings. The van der Waals surface area contributed by atoms with E-state index in [0.29, 0.717) is 0 Å². The van der Waals surface area contributed by atoms with E-state index in [1.807, 2.05) is 16.9 Å². The van der Waals surface area contributed by atoms with Crippen molar-refractivity contribution in [2.75, 3.05) is 0 Å². The molecule has 0 aromatic rings. The minimum absolute atomic E-state index is 0. The molecule has 0 heterocycles. The van der Waals surface area contributed by atoms with E-state index in [1.165, 1.54) is 18.1 Å². The normalized spacial score (nSPS) is 6.00.